The van der Waals surface area contributed by atoms with Crippen molar-refractivity contribution in [3.8, 4) is 17.2 Å². The van der Waals surface area contributed by atoms with Gasteiger partial charge in [-0.2, -0.15) is 0 Å². The van der Waals surface area contributed by atoms with Crippen LogP contribution in [0.1, 0.15) is 76.3 Å². The largest absolute Gasteiger partial charge is 0.507 e. The summed E-state index contributed by atoms with van der Waals surface area (Å²) in [4.78, 5) is 26.5. The normalized spacial score (nSPS) is 13.6. The number of hydrogen-bond donors (Lipinski definition) is 3. The van der Waals surface area contributed by atoms with Crippen LogP contribution in [-0.4, -0.2) is 23.7 Å². The lowest BCUT2D eigenvalue weighted by Gasteiger charge is -2.28. The Labute approximate surface area is 230 Å². The fourth-order valence-corrected chi connectivity index (χ4v) is 4.61. The first-order valence-electron chi connectivity index (χ1n) is 13.2. The summed E-state index contributed by atoms with van der Waals surface area (Å²) in [5.41, 5.74) is 3.40. The van der Waals surface area contributed by atoms with Gasteiger partial charge in [-0.3, -0.25) is 9.59 Å². The summed E-state index contributed by atoms with van der Waals surface area (Å²) in [6, 6.07) is 17.4. The molecule has 0 spiro atoms. The van der Waals surface area contributed by atoms with E-state index in [4.69, 9.17) is 9.47 Å². The van der Waals surface area contributed by atoms with Gasteiger partial charge in [0.25, 0.3) is 5.91 Å². The van der Waals surface area contributed by atoms with Crippen LogP contribution in [0.3, 0.4) is 0 Å². The van der Waals surface area contributed by atoms with Crippen LogP contribution in [0, 0.1) is 0 Å². The Bertz CT molecular complexity index is 1320. The SMILES string of the molecule is CC(C)(C)c1cc(CCC(=O)N[C@H](C(=O)Nc2ccc3c(c2)OCO3)c2ccccc2)cc(C(C)(C)C)c1O. The maximum absolute atomic E-state index is 13.3. The van der Waals surface area contributed by atoms with Crippen LogP contribution < -0.4 is 20.1 Å². The van der Waals surface area contributed by atoms with Crippen molar-refractivity contribution in [2.75, 3.05) is 12.1 Å². The molecule has 3 aromatic rings. The van der Waals surface area contributed by atoms with E-state index in [9.17, 15) is 14.7 Å². The third-order valence-electron chi connectivity index (χ3n) is 6.77. The lowest BCUT2D eigenvalue weighted by molar-refractivity contribution is -0.126. The first-order valence-corrected chi connectivity index (χ1v) is 13.2. The molecule has 1 atom stereocenters. The molecule has 3 aromatic carbocycles. The van der Waals surface area contributed by atoms with Gasteiger partial charge in [-0.05, 0) is 51.6 Å². The second kappa shape index (κ2) is 11.0. The zero-order chi connectivity index (χ0) is 28.4. The molecular weight excluding hydrogens is 492 g/mol. The van der Waals surface area contributed by atoms with Gasteiger partial charge in [0, 0.05) is 18.2 Å². The molecule has 0 aliphatic carbocycles. The van der Waals surface area contributed by atoms with Crippen LogP contribution in [0.5, 0.6) is 17.2 Å². The predicted octanol–water partition coefficient (Wildman–Crippen LogP) is 6.14. The highest BCUT2D eigenvalue weighted by Crippen LogP contribution is 2.40. The molecule has 1 aliphatic heterocycles. The van der Waals surface area contributed by atoms with E-state index >= 15 is 0 Å². The summed E-state index contributed by atoms with van der Waals surface area (Å²) in [7, 11) is 0. The van der Waals surface area contributed by atoms with E-state index in [0.717, 1.165) is 16.7 Å². The number of ether oxygens (including phenoxy) is 2. The zero-order valence-corrected chi connectivity index (χ0v) is 23.6. The monoisotopic (exact) mass is 530 g/mol. The molecule has 2 amide bonds. The van der Waals surface area contributed by atoms with Crippen molar-refractivity contribution < 1.29 is 24.2 Å². The molecule has 7 heteroatoms. The highest BCUT2D eigenvalue weighted by Gasteiger charge is 2.27. The molecular formula is C32H38N2O5. The van der Waals surface area contributed by atoms with Crippen molar-refractivity contribution in [1.82, 2.24) is 5.32 Å². The second-order valence-corrected chi connectivity index (χ2v) is 12.0. The van der Waals surface area contributed by atoms with E-state index in [-0.39, 0.29) is 35.9 Å². The summed E-state index contributed by atoms with van der Waals surface area (Å²) >= 11 is 0. The van der Waals surface area contributed by atoms with Gasteiger partial charge < -0.3 is 25.2 Å². The molecule has 0 radical (unpaired) electrons. The van der Waals surface area contributed by atoms with E-state index in [1.165, 1.54) is 0 Å². The number of carbonyl (C=O) groups excluding carboxylic acids is 2. The van der Waals surface area contributed by atoms with Crippen LogP contribution in [-0.2, 0) is 26.8 Å². The highest BCUT2D eigenvalue weighted by atomic mass is 16.7. The number of benzene rings is 3. The van der Waals surface area contributed by atoms with Gasteiger partial charge in [-0.1, -0.05) is 84.0 Å². The molecule has 3 N–H and O–H groups in total. The quantitative estimate of drug-likeness (QED) is 0.341. The minimum atomic E-state index is -0.876. The number of aromatic hydroxyl groups is 1. The number of fused-ring (bicyclic) bond motifs is 1. The number of hydrogen-bond acceptors (Lipinski definition) is 5. The summed E-state index contributed by atoms with van der Waals surface area (Å²) in [5.74, 6) is 0.897. The lowest BCUT2D eigenvalue weighted by atomic mass is 9.78. The second-order valence-electron chi connectivity index (χ2n) is 12.0. The Morgan fingerprint density at radius 1 is 0.872 bits per heavy atom. The average Bonchev–Trinajstić information content (AvgIpc) is 3.33. The average molecular weight is 531 g/mol. The Kier molecular flexibility index (Phi) is 7.91. The molecule has 1 aliphatic rings. The minimum Gasteiger partial charge on any atom is -0.507 e. The summed E-state index contributed by atoms with van der Waals surface area (Å²) < 4.78 is 10.8. The molecule has 0 unspecified atom stereocenters. The molecule has 0 saturated carbocycles. The molecule has 0 saturated heterocycles. The Balaban J connectivity index is 1.51. The summed E-state index contributed by atoms with van der Waals surface area (Å²) in [6.07, 6.45) is 0.669. The van der Waals surface area contributed by atoms with Crippen molar-refractivity contribution >= 4 is 17.5 Å². The Hall–Kier alpha value is -4.00. The van der Waals surface area contributed by atoms with Gasteiger partial charge in [0.05, 0.1) is 0 Å². The molecule has 4 rings (SSSR count). The fraction of sp³-hybridized carbons (Fsp3) is 0.375. The molecule has 39 heavy (non-hydrogen) atoms. The number of rotatable bonds is 7. The summed E-state index contributed by atoms with van der Waals surface area (Å²) in [5, 5.41) is 16.8. The number of anilines is 1. The first kappa shape index (κ1) is 28.0. The van der Waals surface area contributed by atoms with Crippen LogP contribution in [0.4, 0.5) is 5.69 Å². The predicted molar refractivity (Wildman–Crippen MR) is 152 cm³/mol. The molecule has 7 nitrogen and oxygen atoms in total. The number of carbonyl (C=O) groups is 2. The van der Waals surface area contributed by atoms with Crippen molar-refractivity contribution in [2.45, 2.75) is 71.3 Å². The first-order chi connectivity index (χ1) is 18.3. The Morgan fingerprint density at radius 2 is 1.49 bits per heavy atom. The van der Waals surface area contributed by atoms with Crippen LogP contribution in [0.15, 0.2) is 60.7 Å². The molecule has 0 bridgehead atoms. The molecule has 206 valence electrons. The molecule has 0 aromatic heterocycles. The fourth-order valence-electron chi connectivity index (χ4n) is 4.61. The van der Waals surface area contributed by atoms with Gasteiger partial charge in [0.15, 0.2) is 11.5 Å². The maximum Gasteiger partial charge on any atom is 0.251 e. The van der Waals surface area contributed by atoms with Crippen molar-refractivity contribution in [1.29, 1.82) is 0 Å². The van der Waals surface area contributed by atoms with Crippen molar-refractivity contribution in [3.63, 3.8) is 0 Å². The van der Waals surface area contributed by atoms with Gasteiger partial charge in [-0.15, -0.1) is 0 Å². The third kappa shape index (κ3) is 6.72. The number of aryl methyl sites for hydroxylation is 1. The topological polar surface area (TPSA) is 96.9 Å². The van der Waals surface area contributed by atoms with Gasteiger partial charge >= 0.3 is 0 Å². The van der Waals surface area contributed by atoms with E-state index in [2.05, 4.69) is 52.2 Å². The number of amides is 2. The van der Waals surface area contributed by atoms with Gasteiger partial charge in [0.2, 0.25) is 12.7 Å². The third-order valence-corrected chi connectivity index (χ3v) is 6.77. The zero-order valence-electron chi connectivity index (χ0n) is 23.6. The Morgan fingerprint density at radius 3 is 2.10 bits per heavy atom. The van der Waals surface area contributed by atoms with Crippen LogP contribution in [0.2, 0.25) is 0 Å². The minimum absolute atomic E-state index is 0.144. The van der Waals surface area contributed by atoms with E-state index in [1.54, 1.807) is 18.2 Å². The summed E-state index contributed by atoms with van der Waals surface area (Å²) in [6.45, 7) is 12.5. The van der Waals surface area contributed by atoms with Gasteiger partial charge in [0.1, 0.15) is 11.8 Å². The molecule has 0 fully saturated rings. The van der Waals surface area contributed by atoms with Crippen molar-refractivity contribution in [2.24, 2.45) is 0 Å². The lowest BCUT2D eigenvalue weighted by Crippen LogP contribution is -2.37. The van der Waals surface area contributed by atoms with Crippen LogP contribution >= 0.6 is 0 Å². The standard InChI is InChI=1S/C32H38N2O5/c1-31(2,3)23-16-20(17-24(29(23)36)32(4,5)6)12-15-27(35)34-28(21-10-8-7-9-11-21)30(37)33-22-13-14-25-26(18-22)39-19-38-25/h7-11,13-14,16-18,28,36H,12,15,19H2,1-6H3,(H,33,37)(H,34,35)/t28-/m0/s1. The number of phenolic OH excluding ortho intramolecular Hbond substituents is 1. The smallest absolute Gasteiger partial charge is 0.251 e. The number of nitrogens with one attached hydrogen (secondary N) is 2. The highest BCUT2D eigenvalue weighted by molar-refractivity contribution is 5.98. The maximum atomic E-state index is 13.3. The van der Waals surface area contributed by atoms with E-state index < -0.39 is 6.04 Å². The van der Waals surface area contributed by atoms with Crippen molar-refractivity contribution in [3.05, 3.63) is 82.9 Å². The van der Waals surface area contributed by atoms with Crippen LogP contribution in [0.25, 0.3) is 0 Å². The van der Waals surface area contributed by atoms with E-state index in [0.29, 0.717) is 34.9 Å². The number of phenols is 1. The van der Waals surface area contributed by atoms with Gasteiger partial charge in [-0.25, -0.2) is 0 Å². The molecule has 1 heterocycles. The van der Waals surface area contributed by atoms with E-state index in [1.807, 2.05) is 42.5 Å².